The summed E-state index contributed by atoms with van der Waals surface area (Å²) in [6, 6.07) is 17.4. The van der Waals surface area contributed by atoms with Crippen LogP contribution in [0.15, 0.2) is 66.7 Å². The zero-order chi connectivity index (χ0) is 23.9. The molecular formula is C28H37NO4. The number of carbonyl (C=O) groups excluding carboxylic acids is 1. The molecule has 0 saturated heterocycles. The van der Waals surface area contributed by atoms with Crippen molar-refractivity contribution in [1.29, 1.82) is 0 Å². The molecule has 0 radical (unpaired) electrons. The summed E-state index contributed by atoms with van der Waals surface area (Å²) in [6.07, 6.45) is 10.3. The van der Waals surface area contributed by atoms with Gasteiger partial charge < -0.3 is 15.2 Å². The molecule has 2 rings (SSSR count). The van der Waals surface area contributed by atoms with E-state index in [-0.39, 0.29) is 25.0 Å². The van der Waals surface area contributed by atoms with Gasteiger partial charge in [-0.05, 0) is 42.5 Å². The number of rotatable bonds is 15. The monoisotopic (exact) mass is 451 g/mol. The number of allylic oxidation sites excluding steroid dienone is 1. The van der Waals surface area contributed by atoms with E-state index in [0.29, 0.717) is 12.2 Å². The minimum atomic E-state index is -0.882. The van der Waals surface area contributed by atoms with Gasteiger partial charge in [-0.15, -0.1) is 0 Å². The third kappa shape index (κ3) is 10.4. The molecule has 2 N–H and O–H groups in total. The van der Waals surface area contributed by atoms with Crippen molar-refractivity contribution in [2.45, 2.75) is 64.8 Å². The summed E-state index contributed by atoms with van der Waals surface area (Å²) in [5.74, 6) is -0.898. The Kier molecular flexibility index (Phi) is 11.8. The Morgan fingerprint density at radius 3 is 2.48 bits per heavy atom. The van der Waals surface area contributed by atoms with Gasteiger partial charge in [0.05, 0.1) is 12.0 Å². The molecule has 0 heterocycles. The van der Waals surface area contributed by atoms with E-state index in [1.54, 1.807) is 6.92 Å². The zero-order valence-electron chi connectivity index (χ0n) is 19.8. The summed E-state index contributed by atoms with van der Waals surface area (Å²) in [6.45, 7) is 4.04. The number of carboxylic acid groups (broad SMARTS) is 1. The van der Waals surface area contributed by atoms with Gasteiger partial charge in [0.2, 0.25) is 5.91 Å². The molecular weight excluding hydrogens is 414 g/mol. The van der Waals surface area contributed by atoms with E-state index in [0.717, 1.165) is 24.0 Å². The summed E-state index contributed by atoms with van der Waals surface area (Å²) < 4.78 is 5.97. The predicted octanol–water partition coefficient (Wildman–Crippen LogP) is 6.24. The van der Waals surface area contributed by atoms with Crippen molar-refractivity contribution >= 4 is 11.9 Å². The van der Waals surface area contributed by atoms with Crippen molar-refractivity contribution in [2.24, 2.45) is 5.92 Å². The van der Waals surface area contributed by atoms with Gasteiger partial charge in [-0.3, -0.25) is 9.59 Å². The lowest BCUT2D eigenvalue weighted by molar-refractivity contribution is -0.141. The quantitative estimate of drug-likeness (QED) is 0.248. The highest BCUT2D eigenvalue weighted by Crippen LogP contribution is 2.24. The van der Waals surface area contributed by atoms with Gasteiger partial charge in [-0.1, -0.05) is 87.7 Å². The first kappa shape index (κ1) is 26.2. The maximum absolute atomic E-state index is 12.4. The van der Waals surface area contributed by atoms with E-state index in [1.807, 2.05) is 60.7 Å². The number of carboxylic acids is 1. The van der Waals surface area contributed by atoms with Crippen molar-refractivity contribution < 1.29 is 19.4 Å². The van der Waals surface area contributed by atoms with E-state index >= 15 is 0 Å². The molecule has 0 saturated carbocycles. The maximum atomic E-state index is 12.4. The number of ether oxygens (including phenoxy) is 1. The first-order chi connectivity index (χ1) is 16.0. The van der Waals surface area contributed by atoms with Crippen LogP contribution in [0, 0.1) is 5.92 Å². The van der Waals surface area contributed by atoms with Crippen LogP contribution in [-0.4, -0.2) is 29.6 Å². The topological polar surface area (TPSA) is 75.6 Å². The van der Waals surface area contributed by atoms with Gasteiger partial charge in [0.1, 0.15) is 12.4 Å². The largest absolute Gasteiger partial charge is 0.491 e. The predicted molar refractivity (Wildman–Crippen MR) is 133 cm³/mol. The first-order valence-electron chi connectivity index (χ1n) is 11.9. The Hall–Kier alpha value is -3.08. The van der Waals surface area contributed by atoms with Crippen LogP contribution in [-0.2, 0) is 9.59 Å². The van der Waals surface area contributed by atoms with E-state index < -0.39 is 11.9 Å². The number of hydrogen-bond donors (Lipinski definition) is 2. The normalized spacial score (nSPS) is 12.9. The SMILES string of the molecule is CCCCCC/C=C/CC(=O)N[C@H](COc1cccc(-c2ccccc2)c1)CC(C)C(=O)O. The van der Waals surface area contributed by atoms with Crippen molar-refractivity contribution in [2.75, 3.05) is 6.61 Å². The van der Waals surface area contributed by atoms with Crippen LogP contribution in [0.25, 0.3) is 11.1 Å². The Bertz CT molecular complexity index is 878. The van der Waals surface area contributed by atoms with Gasteiger partial charge >= 0.3 is 5.97 Å². The van der Waals surface area contributed by atoms with Gasteiger partial charge in [-0.2, -0.15) is 0 Å². The average molecular weight is 452 g/mol. The zero-order valence-corrected chi connectivity index (χ0v) is 19.8. The lowest BCUT2D eigenvalue weighted by Gasteiger charge is -2.21. The number of aliphatic carboxylic acids is 1. The van der Waals surface area contributed by atoms with Crippen LogP contribution in [0.5, 0.6) is 5.75 Å². The van der Waals surface area contributed by atoms with Crippen molar-refractivity contribution in [1.82, 2.24) is 5.32 Å². The number of amides is 1. The molecule has 1 unspecified atom stereocenters. The molecule has 0 aliphatic heterocycles. The van der Waals surface area contributed by atoms with Crippen molar-refractivity contribution in [3.05, 3.63) is 66.7 Å². The molecule has 0 aromatic heterocycles. The van der Waals surface area contributed by atoms with Crippen molar-refractivity contribution in [3.63, 3.8) is 0 Å². The molecule has 2 aromatic rings. The smallest absolute Gasteiger partial charge is 0.306 e. The summed E-state index contributed by atoms with van der Waals surface area (Å²) >= 11 is 0. The van der Waals surface area contributed by atoms with Gasteiger partial charge in [-0.25, -0.2) is 0 Å². The molecule has 5 heteroatoms. The van der Waals surface area contributed by atoms with Gasteiger partial charge in [0.15, 0.2) is 0 Å². The second-order valence-corrected chi connectivity index (χ2v) is 8.47. The number of hydrogen-bond acceptors (Lipinski definition) is 3. The van der Waals surface area contributed by atoms with E-state index in [4.69, 9.17) is 4.74 Å². The summed E-state index contributed by atoms with van der Waals surface area (Å²) in [4.78, 5) is 23.8. The molecule has 0 fully saturated rings. The Labute approximate surface area is 197 Å². The fourth-order valence-electron chi connectivity index (χ4n) is 3.57. The number of benzene rings is 2. The minimum Gasteiger partial charge on any atom is -0.491 e. The fourth-order valence-corrected chi connectivity index (χ4v) is 3.57. The molecule has 2 aromatic carbocycles. The highest BCUT2D eigenvalue weighted by molar-refractivity contribution is 5.78. The van der Waals surface area contributed by atoms with E-state index in [2.05, 4.69) is 18.3 Å². The molecule has 178 valence electrons. The standard InChI is InChI=1S/C28H37NO4/c1-3-4-5-6-7-8-12-18-27(30)29-25(19-22(2)28(31)32)21-33-26-17-13-16-24(20-26)23-14-10-9-11-15-23/h8-17,20,22,25H,3-7,18-19,21H2,1-2H3,(H,29,30)(H,31,32)/b12-8+/t22?,25-/m0/s1. The molecule has 0 spiro atoms. The Morgan fingerprint density at radius 1 is 1.00 bits per heavy atom. The molecule has 0 bridgehead atoms. The molecule has 1 amide bonds. The number of unbranched alkanes of at least 4 members (excludes halogenated alkanes) is 4. The fraction of sp³-hybridized carbons (Fsp3) is 0.429. The van der Waals surface area contributed by atoms with E-state index in [9.17, 15) is 14.7 Å². The van der Waals surface area contributed by atoms with Gasteiger partial charge in [0.25, 0.3) is 0 Å². The Balaban J connectivity index is 1.92. The van der Waals surface area contributed by atoms with Crippen LogP contribution < -0.4 is 10.1 Å². The highest BCUT2D eigenvalue weighted by atomic mass is 16.5. The minimum absolute atomic E-state index is 0.121. The van der Waals surface area contributed by atoms with Gasteiger partial charge in [0, 0.05) is 6.42 Å². The number of nitrogens with one attached hydrogen (secondary N) is 1. The van der Waals surface area contributed by atoms with Crippen LogP contribution in [0.2, 0.25) is 0 Å². The second kappa shape index (κ2) is 14.9. The summed E-state index contributed by atoms with van der Waals surface area (Å²) in [7, 11) is 0. The lowest BCUT2D eigenvalue weighted by Crippen LogP contribution is -2.40. The highest BCUT2D eigenvalue weighted by Gasteiger charge is 2.20. The second-order valence-electron chi connectivity index (χ2n) is 8.47. The molecule has 33 heavy (non-hydrogen) atoms. The number of carbonyl (C=O) groups is 2. The molecule has 2 atom stereocenters. The van der Waals surface area contributed by atoms with E-state index in [1.165, 1.54) is 19.3 Å². The Morgan fingerprint density at radius 2 is 1.76 bits per heavy atom. The molecule has 0 aliphatic carbocycles. The van der Waals surface area contributed by atoms with Crippen LogP contribution >= 0.6 is 0 Å². The summed E-state index contributed by atoms with van der Waals surface area (Å²) in [5.41, 5.74) is 2.13. The molecule has 0 aliphatic rings. The van der Waals surface area contributed by atoms with Crippen LogP contribution in [0.1, 0.15) is 58.8 Å². The third-order valence-corrected chi connectivity index (χ3v) is 5.51. The van der Waals surface area contributed by atoms with Crippen LogP contribution in [0.4, 0.5) is 0 Å². The lowest BCUT2D eigenvalue weighted by atomic mass is 10.0. The summed E-state index contributed by atoms with van der Waals surface area (Å²) in [5, 5.41) is 12.3. The van der Waals surface area contributed by atoms with Crippen LogP contribution in [0.3, 0.4) is 0 Å². The maximum Gasteiger partial charge on any atom is 0.306 e. The third-order valence-electron chi connectivity index (χ3n) is 5.51. The first-order valence-corrected chi connectivity index (χ1v) is 11.9. The average Bonchev–Trinajstić information content (AvgIpc) is 2.82. The van der Waals surface area contributed by atoms with Crippen molar-refractivity contribution in [3.8, 4) is 16.9 Å². The molecule has 5 nitrogen and oxygen atoms in total.